The fourth-order valence-corrected chi connectivity index (χ4v) is 5.46. The number of ether oxygens (including phenoxy) is 3. The summed E-state index contributed by atoms with van der Waals surface area (Å²) in [4.78, 5) is 44.9. The van der Waals surface area contributed by atoms with E-state index in [2.05, 4.69) is 4.98 Å². The van der Waals surface area contributed by atoms with E-state index >= 15 is 0 Å². The summed E-state index contributed by atoms with van der Waals surface area (Å²) in [5.74, 6) is -1.42. The first-order chi connectivity index (χ1) is 18.9. The van der Waals surface area contributed by atoms with Crippen LogP contribution in [0.3, 0.4) is 0 Å². The quantitative estimate of drug-likeness (QED) is 0.148. The molecule has 1 saturated heterocycles. The molecule has 1 aromatic heterocycles. The Labute approximate surface area is 227 Å². The summed E-state index contributed by atoms with van der Waals surface area (Å²) in [6.07, 6.45) is 0. The topological polar surface area (TPSA) is 115 Å². The number of Topliss-reactive ketones (excluding diaryl/α,β-unsaturated/α-hetero) is 1. The number of rotatable bonds is 7. The summed E-state index contributed by atoms with van der Waals surface area (Å²) in [6, 6.07) is 17.3. The van der Waals surface area contributed by atoms with Gasteiger partial charge < -0.3 is 19.3 Å². The second-order valence-electron chi connectivity index (χ2n) is 8.57. The van der Waals surface area contributed by atoms with Gasteiger partial charge in [-0.2, -0.15) is 0 Å². The zero-order valence-electron chi connectivity index (χ0n) is 21.3. The molecular formula is C29H24N2O7S. The normalized spacial score (nSPS) is 16.5. The second-order valence-corrected chi connectivity index (χ2v) is 9.58. The molecule has 4 aromatic rings. The molecule has 0 spiro atoms. The minimum Gasteiger partial charge on any atom is -0.507 e. The monoisotopic (exact) mass is 544 g/mol. The van der Waals surface area contributed by atoms with Crippen molar-refractivity contribution in [3.8, 4) is 11.5 Å². The molecule has 2 heterocycles. The van der Waals surface area contributed by atoms with Gasteiger partial charge in [0.15, 0.2) is 5.13 Å². The molecule has 9 nitrogen and oxygen atoms in total. The zero-order chi connectivity index (χ0) is 27.7. The molecule has 1 unspecified atom stereocenters. The number of aromatic nitrogens is 1. The van der Waals surface area contributed by atoms with Crippen molar-refractivity contribution in [2.75, 3.05) is 25.7 Å². The van der Waals surface area contributed by atoms with E-state index in [1.807, 2.05) is 13.0 Å². The first kappa shape index (κ1) is 25.9. The molecule has 0 aliphatic carbocycles. The van der Waals surface area contributed by atoms with E-state index in [1.165, 1.54) is 30.5 Å². The van der Waals surface area contributed by atoms with Crippen LogP contribution in [0.1, 0.15) is 34.5 Å². The van der Waals surface area contributed by atoms with Crippen molar-refractivity contribution in [1.29, 1.82) is 0 Å². The van der Waals surface area contributed by atoms with Crippen molar-refractivity contribution < 1.29 is 33.7 Å². The van der Waals surface area contributed by atoms with Crippen LogP contribution < -0.4 is 14.4 Å². The van der Waals surface area contributed by atoms with Crippen LogP contribution in [0.15, 0.2) is 72.3 Å². The molecule has 3 aromatic carbocycles. The van der Waals surface area contributed by atoms with Crippen molar-refractivity contribution in [1.82, 2.24) is 4.98 Å². The number of aliphatic hydroxyl groups excluding tert-OH is 1. The molecular weight excluding hydrogens is 520 g/mol. The van der Waals surface area contributed by atoms with E-state index in [1.54, 1.807) is 60.7 Å². The van der Waals surface area contributed by atoms with Crippen LogP contribution in [-0.2, 0) is 14.3 Å². The molecule has 0 radical (unpaired) electrons. The highest BCUT2D eigenvalue weighted by atomic mass is 32.1. The summed E-state index contributed by atoms with van der Waals surface area (Å²) >= 11 is 1.23. The lowest BCUT2D eigenvalue weighted by molar-refractivity contribution is -0.132. The van der Waals surface area contributed by atoms with Crippen molar-refractivity contribution in [3.63, 3.8) is 0 Å². The lowest BCUT2D eigenvalue weighted by Gasteiger charge is -2.23. The molecule has 1 atom stereocenters. The Morgan fingerprint density at radius 3 is 2.46 bits per heavy atom. The van der Waals surface area contributed by atoms with E-state index in [0.29, 0.717) is 40.3 Å². The fraction of sp³-hybridized carbons (Fsp3) is 0.172. The SMILES string of the molecule is CCOc1ccc2nc(N3C(=O)C(=O)/C(=C(/O)c4cccc(OC)c4)C3c3ccc(C(=O)OC)cc3)sc2c1. The Balaban J connectivity index is 1.69. The largest absolute Gasteiger partial charge is 0.507 e. The molecule has 1 amide bonds. The smallest absolute Gasteiger partial charge is 0.337 e. The highest BCUT2D eigenvalue weighted by Gasteiger charge is 2.48. The van der Waals surface area contributed by atoms with Gasteiger partial charge in [-0.05, 0) is 55.0 Å². The summed E-state index contributed by atoms with van der Waals surface area (Å²) in [7, 11) is 2.77. The number of methoxy groups -OCH3 is 2. The predicted octanol–water partition coefficient (Wildman–Crippen LogP) is 5.12. The van der Waals surface area contributed by atoms with Gasteiger partial charge in [-0.15, -0.1) is 0 Å². The van der Waals surface area contributed by atoms with Crippen LogP contribution in [0.2, 0.25) is 0 Å². The van der Waals surface area contributed by atoms with Gasteiger partial charge in [-0.1, -0.05) is 35.6 Å². The van der Waals surface area contributed by atoms with E-state index in [-0.39, 0.29) is 16.5 Å². The number of ketones is 1. The number of nitrogens with zero attached hydrogens (tertiary/aromatic N) is 2. The molecule has 5 rings (SSSR count). The third-order valence-electron chi connectivity index (χ3n) is 6.30. The minimum absolute atomic E-state index is 0.103. The molecule has 0 bridgehead atoms. The molecule has 1 fully saturated rings. The van der Waals surface area contributed by atoms with Gasteiger partial charge in [-0.3, -0.25) is 14.5 Å². The van der Waals surface area contributed by atoms with Crippen molar-refractivity contribution >= 4 is 50.1 Å². The number of hydrogen-bond acceptors (Lipinski definition) is 9. The van der Waals surface area contributed by atoms with Gasteiger partial charge in [-0.25, -0.2) is 9.78 Å². The third kappa shape index (κ3) is 4.70. The van der Waals surface area contributed by atoms with Gasteiger partial charge in [0, 0.05) is 5.56 Å². The van der Waals surface area contributed by atoms with Crippen LogP contribution in [0.25, 0.3) is 16.0 Å². The zero-order valence-corrected chi connectivity index (χ0v) is 22.2. The van der Waals surface area contributed by atoms with Crippen LogP contribution in [0, 0.1) is 0 Å². The Morgan fingerprint density at radius 2 is 1.77 bits per heavy atom. The van der Waals surface area contributed by atoms with E-state index < -0.39 is 23.7 Å². The number of esters is 1. The number of carbonyl (C=O) groups is 3. The number of carbonyl (C=O) groups excluding carboxylic acids is 3. The summed E-state index contributed by atoms with van der Waals surface area (Å²) in [5.41, 5.74) is 1.64. The number of fused-ring (bicyclic) bond motifs is 1. The average Bonchev–Trinajstić information content (AvgIpc) is 3.50. The molecule has 1 aliphatic rings. The van der Waals surface area contributed by atoms with Crippen LogP contribution in [0.5, 0.6) is 11.5 Å². The average molecular weight is 545 g/mol. The van der Waals surface area contributed by atoms with Gasteiger partial charge in [0.25, 0.3) is 5.78 Å². The molecule has 198 valence electrons. The number of hydrogen-bond donors (Lipinski definition) is 1. The maximum Gasteiger partial charge on any atom is 0.337 e. The molecule has 1 aliphatic heterocycles. The molecule has 39 heavy (non-hydrogen) atoms. The molecule has 10 heteroatoms. The second kappa shape index (κ2) is 10.6. The third-order valence-corrected chi connectivity index (χ3v) is 7.32. The number of benzene rings is 3. The standard InChI is InChI=1S/C29H24N2O7S/c1-4-38-20-12-13-21-22(15-20)39-29(30-21)31-24(16-8-10-17(11-9-16)28(35)37-3)23(26(33)27(31)34)25(32)18-6-5-7-19(14-18)36-2/h5-15,24,32H,4H2,1-3H3/b25-23+. The Bertz CT molecular complexity index is 1620. The van der Waals surface area contributed by atoms with E-state index in [4.69, 9.17) is 14.2 Å². The maximum atomic E-state index is 13.5. The van der Waals surface area contributed by atoms with Gasteiger partial charge in [0.2, 0.25) is 0 Å². The Hall–Kier alpha value is -4.70. The Kier molecular flexibility index (Phi) is 7.03. The first-order valence-corrected chi connectivity index (χ1v) is 12.8. The van der Waals surface area contributed by atoms with Gasteiger partial charge >= 0.3 is 11.9 Å². The number of aliphatic hydroxyl groups is 1. The van der Waals surface area contributed by atoms with Crippen LogP contribution in [-0.4, -0.2) is 48.6 Å². The van der Waals surface area contributed by atoms with Crippen LogP contribution in [0.4, 0.5) is 5.13 Å². The first-order valence-electron chi connectivity index (χ1n) is 12.0. The number of amides is 1. The summed E-state index contributed by atoms with van der Waals surface area (Å²) in [5, 5.41) is 11.6. The lowest BCUT2D eigenvalue weighted by Crippen LogP contribution is -2.29. The van der Waals surface area contributed by atoms with Crippen molar-refractivity contribution in [3.05, 3.63) is 89.0 Å². The van der Waals surface area contributed by atoms with Crippen molar-refractivity contribution in [2.45, 2.75) is 13.0 Å². The summed E-state index contributed by atoms with van der Waals surface area (Å²) in [6.45, 7) is 2.38. The number of anilines is 1. The van der Waals surface area contributed by atoms with Crippen LogP contribution >= 0.6 is 11.3 Å². The molecule has 1 N–H and O–H groups in total. The maximum absolute atomic E-state index is 13.5. The minimum atomic E-state index is -1.00. The van der Waals surface area contributed by atoms with Crippen molar-refractivity contribution in [2.24, 2.45) is 0 Å². The predicted molar refractivity (Wildman–Crippen MR) is 146 cm³/mol. The number of thiazole rings is 1. The highest BCUT2D eigenvalue weighted by molar-refractivity contribution is 7.22. The highest BCUT2D eigenvalue weighted by Crippen LogP contribution is 2.44. The van der Waals surface area contributed by atoms with E-state index in [0.717, 1.165) is 4.70 Å². The van der Waals surface area contributed by atoms with E-state index in [9.17, 15) is 19.5 Å². The Morgan fingerprint density at radius 1 is 1.00 bits per heavy atom. The molecule has 0 saturated carbocycles. The van der Waals surface area contributed by atoms with Gasteiger partial charge in [0.05, 0.1) is 48.2 Å². The van der Waals surface area contributed by atoms with Gasteiger partial charge in [0.1, 0.15) is 17.3 Å². The lowest BCUT2D eigenvalue weighted by atomic mass is 9.94. The summed E-state index contributed by atoms with van der Waals surface area (Å²) < 4.78 is 16.4. The fourth-order valence-electron chi connectivity index (χ4n) is 4.44.